The van der Waals surface area contributed by atoms with Crippen molar-refractivity contribution in [2.75, 3.05) is 6.61 Å². The lowest BCUT2D eigenvalue weighted by atomic mass is 9.84. The lowest BCUT2D eigenvalue weighted by molar-refractivity contribution is -0.133. The van der Waals surface area contributed by atoms with Crippen LogP contribution in [0.5, 0.6) is 5.75 Å². The van der Waals surface area contributed by atoms with Gasteiger partial charge in [0, 0.05) is 17.5 Å². The predicted octanol–water partition coefficient (Wildman–Crippen LogP) is 2.77. The van der Waals surface area contributed by atoms with Gasteiger partial charge in [0.1, 0.15) is 12.3 Å². The van der Waals surface area contributed by atoms with E-state index in [2.05, 4.69) is 15.5 Å². The first-order chi connectivity index (χ1) is 14.1. The third-order valence-corrected chi connectivity index (χ3v) is 5.40. The second-order valence-electron chi connectivity index (χ2n) is 7.15. The number of aryl methyl sites for hydroxylation is 1. The minimum absolute atomic E-state index is 0.0890. The van der Waals surface area contributed by atoms with Crippen molar-refractivity contribution in [2.45, 2.75) is 25.4 Å². The number of fused-ring (bicyclic) bond motifs is 2. The molecule has 1 aromatic heterocycles. The molecule has 8 nitrogen and oxygen atoms in total. The smallest absolute Gasteiger partial charge is 0.325 e. The minimum atomic E-state index is -1.12. The normalized spacial score (nSPS) is 20.5. The molecular formula is C21H18N4O4. The number of nitrogens with zero attached hydrogens (tertiary/aromatic N) is 3. The molecule has 1 N–H and O–H groups in total. The molecule has 2 aliphatic rings. The van der Waals surface area contributed by atoms with E-state index >= 15 is 0 Å². The van der Waals surface area contributed by atoms with Crippen molar-refractivity contribution >= 4 is 11.9 Å². The number of nitrogens with one attached hydrogen (secondary N) is 1. The lowest BCUT2D eigenvalue weighted by Gasteiger charge is -2.33. The Kier molecular flexibility index (Phi) is 3.87. The molecule has 1 saturated heterocycles. The van der Waals surface area contributed by atoms with Crippen LogP contribution in [0.3, 0.4) is 0 Å². The largest absolute Gasteiger partial charge is 0.493 e. The fourth-order valence-electron chi connectivity index (χ4n) is 3.90. The molecule has 8 heteroatoms. The van der Waals surface area contributed by atoms with Gasteiger partial charge in [0.05, 0.1) is 6.61 Å². The summed E-state index contributed by atoms with van der Waals surface area (Å²) >= 11 is 0. The monoisotopic (exact) mass is 390 g/mol. The summed E-state index contributed by atoms with van der Waals surface area (Å²) in [7, 11) is 0. The standard InChI is InChI=1S/C21H18N4O4/c1-13-6-2-3-7-14(13)18-22-17(29-24-18)12-25-19(26)21(23-20(25)27)10-11-28-16-9-5-4-8-15(16)21/h2-9H,10-12H2,1H3,(H,23,27)/t21-/m1/s1. The van der Waals surface area contributed by atoms with Crippen molar-refractivity contribution < 1.29 is 18.8 Å². The second-order valence-corrected chi connectivity index (χ2v) is 7.15. The Morgan fingerprint density at radius 1 is 1.14 bits per heavy atom. The first-order valence-electron chi connectivity index (χ1n) is 9.33. The highest BCUT2D eigenvalue weighted by molar-refractivity contribution is 6.07. The highest BCUT2D eigenvalue weighted by Crippen LogP contribution is 2.41. The van der Waals surface area contributed by atoms with E-state index in [1.165, 1.54) is 0 Å². The molecule has 0 radical (unpaired) electrons. The van der Waals surface area contributed by atoms with Gasteiger partial charge in [0.25, 0.3) is 5.91 Å². The molecule has 0 bridgehead atoms. The Morgan fingerprint density at radius 2 is 1.93 bits per heavy atom. The summed E-state index contributed by atoms with van der Waals surface area (Å²) in [6, 6.07) is 14.4. The van der Waals surface area contributed by atoms with Gasteiger partial charge in [0.2, 0.25) is 11.7 Å². The van der Waals surface area contributed by atoms with Gasteiger partial charge in [-0.1, -0.05) is 47.6 Å². The van der Waals surface area contributed by atoms with E-state index in [0.717, 1.165) is 16.0 Å². The predicted molar refractivity (Wildman–Crippen MR) is 102 cm³/mol. The number of carbonyl (C=O) groups is 2. The molecule has 2 aliphatic heterocycles. The van der Waals surface area contributed by atoms with Crippen LogP contribution in [0.15, 0.2) is 53.1 Å². The van der Waals surface area contributed by atoms with Gasteiger partial charge in [-0.2, -0.15) is 4.98 Å². The zero-order valence-electron chi connectivity index (χ0n) is 15.7. The number of para-hydroxylation sites is 1. The van der Waals surface area contributed by atoms with Crippen LogP contribution in [-0.4, -0.2) is 33.6 Å². The van der Waals surface area contributed by atoms with Gasteiger partial charge < -0.3 is 14.6 Å². The summed E-state index contributed by atoms with van der Waals surface area (Å²) in [6.07, 6.45) is 0.364. The van der Waals surface area contributed by atoms with Gasteiger partial charge in [-0.05, 0) is 18.6 Å². The molecule has 0 saturated carbocycles. The van der Waals surface area contributed by atoms with Gasteiger partial charge in [-0.3, -0.25) is 9.69 Å². The lowest BCUT2D eigenvalue weighted by Crippen LogP contribution is -2.47. The van der Waals surface area contributed by atoms with Crippen LogP contribution in [0.2, 0.25) is 0 Å². The van der Waals surface area contributed by atoms with Gasteiger partial charge in [0.15, 0.2) is 5.54 Å². The fraction of sp³-hybridized carbons (Fsp3) is 0.238. The highest BCUT2D eigenvalue weighted by Gasteiger charge is 2.55. The van der Waals surface area contributed by atoms with Crippen LogP contribution in [-0.2, 0) is 16.9 Å². The Balaban J connectivity index is 1.44. The van der Waals surface area contributed by atoms with E-state index in [9.17, 15) is 9.59 Å². The quantitative estimate of drug-likeness (QED) is 0.691. The average Bonchev–Trinajstić information content (AvgIpc) is 3.28. The molecule has 1 spiro atoms. The topological polar surface area (TPSA) is 97.6 Å². The molecular weight excluding hydrogens is 372 g/mol. The number of amides is 3. The number of urea groups is 1. The van der Waals surface area contributed by atoms with Crippen LogP contribution in [0.4, 0.5) is 4.79 Å². The Bertz CT molecular complexity index is 1130. The zero-order chi connectivity index (χ0) is 20.0. The molecule has 2 aromatic carbocycles. The Hall–Kier alpha value is -3.68. The minimum Gasteiger partial charge on any atom is -0.493 e. The highest BCUT2D eigenvalue weighted by atomic mass is 16.5. The van der Waals surface area contributed by atoms with E-state index in [0.29, 0.717) is 30.2 Å². The summed E-state index contributed by atoms with van der Waals surface area (Å²) in [6.45, 7) is 2.21. The van der Waals surface area contributed by atoms with Crippen molar-refractivity contribution in [3.05, 3.63) is 65.5 Å². The first-order valence-corrected chi connectivity index (χ1v) is 9.33. The summed E-state index contributed by atoms with van der Waals surface area (Å²) in [4.78, 5) is 31.5. The number of hydrogen-bond acceptors (Lipinski definition) is 6. The number of benzene rings is 2. The van der Waals surface area contributed by atoms with E-state index < -0.39 is 11.6 Å². The number of ether oxygens (including phenoxy) is 1. The Morgan fingerprint density at radius 3 is 2.79 bits per heavy atom. The van der Waals surface area contributed by atoms with Gasteiger partial charge >= 0.3 is 6.03 Å². The van der Waals surface area contributed by atoms with Gasteiger partial charge in [-0.25, -0.2) is 4.79 Å². The third-order valence-electron chi connectivity index (χ3n) is 5.40. The maximum Gasteiger partial charge on any atom is 0.325 e. The molecule has 146 valence electrons. The molecule has 0 unspecified atom stereocenters. The van der Waals surface area contributed by atoms with E-state index in [4.69, 9.17) is 9.26 Å². The maximum atomic E-state index is 13.3. The van der Waals surface area contributed by atoms with E-state index in [1.54, 1.807) is 12.1 Å². The summed E-state index contributed by atoms with van der Waals surface area (Å²) in [5.41, 5.74) is 1.39. The molecule has 3 heterocycles. The average molecular weight is 390 g/mol. The number of imide groups is 1. The van der Waals surface area contributed by atoms with Crippen LogP contribution < -0.4 is 10.1 Å². The zero-order valence-corrected chi connectivity index (χ0v) is 15.7. The van der Waals surface area contributed by atoms with Gasteiger partial charge in [-0.15, -0.1) is 0 Å². The van der Waals surface area contributed by atoms with Crippen LogP contribution in [0, 0.1) is 6.92 Å². The van der Waals surface area contributed by atoms with Crippen LogP contribution >= 0.6 is 0 Å². The number of carbonyl (C=O) groups excluding carboxylic acids is 2. The van der Waals surface area contributed by atoms with Crippen molar-refractivity contribution in [1.29, 1.82) is 0 Å². The van der Waals surface area contributed by atoms with E-state index in [1.807, 2.05) is 43.3 Å². The molecule has 3 aromatic rings. The van der Waals surface area contributed by atoms with Crippen molar-refractivity contribution in [1.82, 2.24) is 20.4 Å². The summed E-state index contributed by atoms with van der Waals surface area (Å²) in [5.74, 6) is 0.892. The van der Waals surface area contributed by atoms with E-state index in [-0.39, 0.29) is 18.3 Å². The third kappa shape index (κ3) is 2.67. The maximum absolute atomic E-state index is 13.3. The Labute approximate surface area is 166 Å². The summed E-state index contributed by atoms with van der Waals surface area (Å²) in [5, 5.41) is 6.86. The molecule has 5 rings (SSSR count). The molecule has 29 heavy (non-hydrogen) atoms. The number of hydrogen-bond donors (Lipinski definition) is 1. The van der Waals surface area contributed by atoms with Crippen molar-refractivity contribution in [3.8, 4) is 17.1 Å². The number of rotatable bonds is 3. The van der Waals surface area contributed by atoms with Crippen LogP contribution in [0.1, 0.15) is 23.4 Å². The second kappa shape index (κ2) is 6.44. The van der Waals surface area contributed by atoms with Crippen molar-refractivity contribution in [3.63, 3.8) is 0 Å². The van der Waals surface area contributed by atoms with Crippen LogP contribution in [0.25, 0.3) is 11.4 Å². The summed E-state index contributed by atoms with van der Waals surface area (Å²) < 4.78 is 11.0. The molecule has 1 fully saturated rings. The first kappa shape index (κ1) is 17.4. The SMILES string of the molecule is Cc1ccccc1-c1noc(CN2C(=O)N[C@@]3(CCOc4ccccc43)C2=O)n1. The number of aromatic nitrogens is 2. The molecule has 0 aliphatic carbocycles. The fourth-order valence-corrected chi connectivity index (χ4v) is 3.90. The molecule has 3 amide bonds. The molecule has 1 atom stereocenters. The van der Waals surface area contributed by atoms with Crippen molar-refractivity contribution in [2.24, 2.45) is 0 Å².